The van der Waals surface area contributed by atoms with Gasteiger partial charge in [0.1, 0.15) is 17.2 Å². The van der Waals surface area contributed by atoms with Crippen LogP contribution >= 0.6 is 0 Å². The lowest BCUT2D eigenvalue weighted by molar-refractivity contribution is -0.128. The first kappa shape index (κ1) is 21.6. The average molecular weight is 414 g/mol. The number of allylic oxidation sites excluding steroid dienone is 1. The SMILES string of the molecule is COc1ccc(C(=O)C=Cc2ccc(OC(=O)C=Cc3ccccc3)cc2)c(OC)c1. The molecule has 0 aromatic heterocycles. The maximum absolute atomic E-state index is 12.5. The number of benzene rings is 3. The van der Waals surface area contributed by atoms with Gasteiger partial charge in [-0.15, -0.1) is 0 Å². The first-order valence-electron chi connectivity index (χ1n) is 9.58. The summed E-state index contributed by atoms with van der Waals surface area (Å²) in [6.07, 6.45) is 6.23. The van der Waals surface area contributed by atoms with Crippen LogP contribution in [-0.2, 0) is 4.79 Å². The van der Waals surface area contributed by atoms with Crippen LogP contribution < -0.4 is 14.2 Å². The summed E-state index contributed by atoms with van der Waals surface area (Å²) >= 11 is 0. The zero-order valence-electron chi connectivity index (χ0n) is 17.3. The number of ether oxygens (including phenoxy) is 3. The second kappa shape index (κ2) is 10.6. The lowest BCUT2D eigenvalue weighted by Gasteiger charge is -2.08. The molecule has 0 radical (unpaired) electrons. The van der Waals surface area contributed by atoms with E-state index < -0.39 is 5.97 Å². The van der Waals surface area contributed by atoms with Gasteiger partial charge in [-0.2, -0.15) is 0 Å². The molecule has 0 spiro atoms. The molecule has 0 N–H and O–H groups in total. The van der Waals surface area contributed by atoms with Crippen LogP contribution in [0.5, 0.6) is 17.2 Å². The van der Waals surface area contributed by atoms with Gasteiger partial charge in [0.05, 0.1) is 19.8 Å². The largest absolute Gasteiger partial charge is 0.497 e. The molecule has 0 saturated heterocycles. The third-order valence-electron chi connectivity index (χ3n) is 4.41. The highest BCUT2D eigenvalue weighted by molar-refractivity contribution is 6.08. The summed E-state index contributed by atoms with van der Waals surface area (Å²) in [5.41, 5.74) is 2.15. The van der Waals surface area contributed by atoms with E-state index in [1.807, 2.05) is 30.3 Å². The first-order valence-corrected chi connectivity index (χ1v) is 9.58. The molecule has 0 aliphatic heterocycles. The van der Waals surface area contributed by atoms with E-state index in [2.05, 4.69) is 0 Å². The molecule has 0 unspecified atom stereocenters. The molecule has 0 bridgehead atoms. The third-order valence-corrected chi connectivity index (χ3v) is 4.41. The molecule has 0 amide bonds. The fourth-order valence-electron chi connectivity index (χ4n) is 2.79. The second-order valence-corrected chi connectivity index (χ2v) is 6.50. The summed E-state index contributed by atoms with van der Waals surface area (Å²) in [4.78, 5) is 24.5. The van der Waals surface area contributed by atoms with Crippen LogP contribution in [0.25, 0.3) is 12.2 Å². The van der Waals surface area contributed by atoms with E-state index in [0.717, 1.165) is 11.1 Å². The van der Waals surface area contributed by atoms with Crippen molar-refractivity contribution in [3.8, 4) is 17.2 Å². The molecule has 3 aromatic carbocycles. The van der Waals surface area contributed by atoms with Crippen molar-refractivity contribution in [1.29, 1.82) is 0 Å². The fraction of sp³-hybridized carbons (Fsp3) is 0.0769. The monoisotopic (exact) mass is 414 g/mol. The summed E-state index contributed by atoms with van der Waals surface area (Å²) in [7, 11) is 3.06. The van der Waals surface area contributed by atoms with Gasteiger partial charge in [0.2, 0.25) is 0 Å². The van der Waals surface area contributed by atoms with Crippen LogP contribution in [0.2, 0.25) is 0 Å². The molecule has 0 aliphatic rings. The van der Waals surface area contributed by atoms with Crippen molar-refractivity contribution < 1.29 is 23.8 Å². The molecular weight excluding hydrogens is 392 g/mol. The first-order chi connectivity index (χ1) is 15.1. The Balaban J connectivity index is 1.61. The Morgan fingerprint density at radius 1 is 0.710 bits per heavy atom. The quantitative estimate of drug-likeness (QED) is 0.219. The van der Waals surface area contributed by atoms with Crippen LogP contribution in [0.15, 0.2) is 84.9 Å². The molecular formula is C26H22O5. The number of rotatable bonds is 8. The minimum absolute atomic E-state index is 0.193. The highest BCUT2D eigenvalue weighted by Gasteiger charge is 2.10. The summed E-state index contributed by atoms with van der Waals surface area (Å²) in [5, 5.41) is 0. The highest BCUT2D eigenvalue weighted by atomic mass is 16.5. The van der Waals surface area contributed by atoms with Crippen molar-refractivity contribution in [3.63, 3.8) is 0 Å². The van der Waals surface area contributed by atoms with Crippen LogP contribution in [-0.4, -0.2) is 26.0 Å². The Bertz CT molecular complexity index is 1100. The van der Waals surface area contributed by atoms with Crippen molar-refractivity contribution in [2.75, 3.05) is 14.2 Å². The maximum atomic E-state index is 12.5. The lowest BCUT2D eigenvalue weighted by atomic mass is 10.1. The predicted molar refractivity (Wildman–Crippen MR) is 120 cm³/mol. The Morgan fingerprint density at radius 3 is 2.03 bits per heavy atom. The Kier molecular flexibility index (Phi) is 7.38. The number of esters is 1. The molecule has 0 heterocycles. The van der Waals surface area contributed by atoms with E-state index in [4.69, 9.17) is 14.2 Å². The van der Waals surface area contributed by atoms with Crippen molar-refractivity contribution in [2.45, 2.75) is 0 Å². The predicted octanol–water partition coefficient (Wildman–Crippen LogP) is 5.22. The Labute approximate surface area is 181 Å². The fourth-order valence-corrected chi connectivity index (χ4v) is 2.79. The molecule has 3 rings (SSSR count). The van der Waals surface area contributed by atoms with E-state index in [1.165, 1.54) is 19.3 Å². The summed E-state index contributed by atoms with van der Waals surface area (Å²) in [6.45, 7) is 0. The summed E-state index contributed by atoms with van der Waals surface area (Å²) in [5.74, 6) is 0.818. The molecule has 0 atom stereocenters. The van der Waals surface area contributed by atoms with Gasteiger partial charge in [-0.1, -0.05) is 48.5 Å². The van der Waals surface area contributed by atoms with Gasteiger partial charge in [0.15, 0.2) is 5.78 Å². The highest BCUT2D eigenvalue weighted by Crippen LogP contribution is 2.25. The standard InChI is InChI=1S/C26H22O5/c1-29-22-14-15-23(25(18-22)30-2)24(27)16-10-20-8-12-21(13-9-20)31-26(28)17-11-19-6-4-3-5-7-19/h3-18H,1-2H3. The normalized spacial score (nSPS) is 10.9. The van der Waals surface area contributed by atoms with Crippen molar-refractivity contribution in [1.82, 2.24) is 0 Å². The van der Waals surface area contributed by atoms with E-state index in [9.17, 15) is 9.59 Å². The molecule has 3 aromatic rings. The van der Waals surface area contributed by atoms with Crippen LogP contribution in [0.3, 0.4) is 0 Å². The van der Waals surface area contributed by atoms with E-state index in [-0.39, 0.29) is 5.78 Å². The minimum Gasteiger partial charge on any atom is -0.497 e. The van der Waals surface area contributed by atoms with Crippen molar-refractivity contribution in [2.24, 2.45) is 0 Å². The molecule has 156 valence electrons. The molecule has 5 nitrogen and oxygen atoms in total. The van der Waals surface area contributed by atoms with Gasteiger partial charge in [-0.25, -0.2) is 4.79 Å². The number of carbonyl (C=O) groups excluding carboxylic acids is 2. The van der Waals surface area contributed by atoms with Crippen LogP contribution in [0.4, 0.5) is 0 Å². The number of hydrogen-bond donors (Lipinski definition) is 0. The number of hydrogen-bond acceptors (Lipinski definition) is 5. The third kappa shape index (κ3) is 6.18. The Hall–Kier alpha value is -4.12. The topological polar surface area (TPSA) is 61.8 Å². The number of ketones is 1. The summed E-state index contributed by atoms with van der Waals surface area (Å²) in [6, 6.07) is 21.4. The zero-order chi connectivity index (χ0) is 22.1. The molecule has 31 heavy (non-hydrogen) atoms. The van der Waals surface area contributed by atoms with Crippen LogP contribution in [0, 0.1) is 0 Å². The molecule has 0 saturated carbocycles. The molecule has 5 heteroatoms. The van der Waals surface area contributed by atoms with Gasteiger partial charge >= 0.3 is 5.97 Å². The van der Waals surface area contributed by atoms with Crippen LogP contribution in [0.1, 0.15) is 21.5 Å². The zero-order valence-corrected chi connectivity index (χ0v) is 17.3. The van der Waals surface area contributed by atoms with Gasteiger partial charge in [-0.3, -0.25) is 4.79 Å². The van der Waals surface area contributed by atoms with E-state index >= 15 is 0 Å². The number of methoxy groups -OCH3 is 2. The van der Waals surface area contributed by atoms with E-state index in [0.29, 0.717) is 22.8 Å². The lowest BCUT2D eigenvalue weighted by Crippen LogP contribution is -2.03. The average Bonchev–Trinajstić information content (AvgIpc) is 2.82. The van der Waals surface area contributed by atoms with Gasteiger partial charge < -0.3 is 14.2 Å². The molecule has 0 aliphatic carbocycles. The van der Waals surface area contributed by atoms with E-state index in [1.54, 1.807) is 61.7 Å². The minimum atomic E-state index is -0.464. The number of carbonyl (C=O) groups is 2. The summed E-state index contributed by atoms with van der Waals surface area (Å²) < 4.78 is 15.7. The van der Waals surface area contributed by atoms with Crippen molar-refractivity contribution in [3.05, 3.63) is 102 Å². The maximum Gasteiger partial charge on any atom is 0.336 e. The Morgan fingerprint density at radius 2 is 1.35 bits per heavy atom. The van der Waals surface area contributed by atoms with Gasteiger partial charge in [-0.05, 0) is 47.5 Å². The van der Waals surface area contributed by atoms with Gasteiger partial charge in [0.25, 0.3) is 0 Å². The van der Waals surface area contributed by atoms with Gasteiger partial charge in [0, 0.05) is 12.1 Å². The molecule has 0 fully saturated rings. The second-order valence-electron chi connectivity index (χ2n) is 6.50. The van der Waals surface area contributed by atoms with Crippen molar-refractivity contribution >= 4 is 23.9 Å². The smallest absolute Gasteiger partial charge is 0.336 e.